The molecule has 1 aliphatic rings. The van der Waals surface area contributed by atoms with E-state index in [1.165, 1.54) is 15.8 Å². The van der Waals surface area contributed by atoms with Crippen molar-refractivity contribution in [2.75, 3.05) is 0 Å². The van der Waals surface area contributed by atoms with Crippen LogP contribution in [0.15, 0.2) is 46.5 Å². The third-order valence-corrected chi connectivity index (χ3v) is 6.83. The van der Waals surface area contributed by atoms with Crippen molar-refractivity contribution < 1.29 is 9.90 Å². The fraction of sp³-hybridized carbons (Fsp3) is 0.391. The van der Waals surface area contributed by atoms with Gasteiger partial charge in [-0.05, 0) is 55.0 Å². The Kier molecular flexibility index (Phi) is 5.88. The molecule has 1 aromatic carbocycles. The summed E-state index contributed by atoms with van der Waals surface area (Å²) in [4.78, 5) is 18.4. The highest BCUT2D eigenvalue weighted by atomic mass is 35.5. The molecule has 29 heavy (non-hydrogen) atoms. The Morgan fingerprint density at radius 1 is 1.31 bits per heavy atom. The van der Waals surface area contributed by atoms with E-state index in [2.05, 4.69) is 23.4 Å². The van der Waals surface area contributed by atoms with Gasteiger partial charge in [0.1, 0.15) is 0 Å². The number of aromatic nitrogens is 2. The minimum absolute atomic E-state index is 0.0235. The molecule has 0 amide bonds. The van der Waals surface area contributed by atoms with Crippen LogP contribution in [0.5, 0.6) is 0 Å². The number of rotatable bonds is 6. The lowest BCUT2D eigenvalue weighted by atomic mass is 9.92. The van der Waals surface area contributed by atoms with Gasteiger partial charge in [0.25, 0.3) is 0 Å². The third-order valence-electron chi connectivity index (χ3n) is 5.45. The van der Waals surface area contributed by atoms with Crippen molar-refractivity contribution >= 4 is 40.2 Å². The van der Waals surface area contributed by atoms with Crippen molar-refractivity contribution in [2.24, 2.45) is 5.92 Å². The van der Waals surface area contributed by atoms with Gasteiger partial charge in [-0.2, -0.15) is 0 Å². The van der Waals surface area contributed by atoms with Crippen LogP contribution in [-0.2, 0) is 17.8 Å². The van der Waals surface area contributed by atoms with Crippen molar-refractivity contribution in [3.63, 3.8) is 0 Å². The topological polar surface area (TPSA) is 55.1 Å². The maximum absolute atomic E-state index is 11.6. The van der Waals surface area contributed by atoms with Gasteiger partial charge in [0.15, 0.2) is 0 Å². The number of nitrogens with zero attached hydrogens (tertiary/aromatic N) is 2. The highest BCUT2D eigenvalue weighted by Crippen LogP contribution is 2.46. The Morgan fingerprint density at radius 2 is 2.07 bits per heavy atom. The Bertz CT molecular complexity index is 1040. The number of carboxylic acid groups (broad SMARTS) is 1. The number of hydrogen-bond acceptors (Lipinski definition) is 3. The van der Waals surface area contributed by atoms with Gasteiger partial charge in [-0.3, -0.25) is 9.78 Å². The van der Waals surface area contributed by atoms with E-state index in [0.29, 0.717) is 10.9 Å². The summed E-state index contributed by atoms with van der Waals surface area (Å²) in [5, 5.41) is 11.5. The van der Waals surface area contributed by atoms with Crippen LogP contribution >= 0.6 is 23.4 Å². The van der Waals surface area contributed by atoms with Crippen LogP contribution < -0.4 is 0 Å². The molecular formula is C23H25ClN2O2S. The SMILES string of the molecule is CC(C)Cc1cncc2c1c(Sc1ccc(Cl)cc1)c1n2CCCC1CC(=O)O. The molecule has 1 atom stereocenters. The monoisotopic (exact) mass is 428 g/mol. The number of halogens is 1. The smallest absolute Gasteiger partial charge is 0.304 e. The molecule has 0 bridgehead atoms. The largest absolute Gasteiger partial charge is 0.481 e. The quantitative estimate of drug-likeness (QED) is 0.494. The second-order valence-corrected chi connectivity index (χ2v) is 9.67. The fourth-order valence-electron chi connectivity index (χ4n) is 4.35. The van der Waals surface area contributed by atoms with Crippen molar-refractivity contribution in [3.05, 3.63) is 52.9 Å². The first-order valence-corrected chi connectivity index (χ1v) is 11.3. The van der Waals surface area contributed by atoms with E-state index >= 15 is 0 Å². The molecule has 2 aromatic heterocycles. The number of hydrogen-bond donors (Lipinski definition) is 1. The molecule has 4 nitrogen and oxygen atoms in total. The molecule has 6 heteroatoms. The normalized spacial score (nSPS) is 16.3. The summed E-state index contributed by atoms with van der Waals surface area (Å²) in [6.45, 7) is 5.35. The van der Waals surface area contributed by atoms with E-state index in [1.54, 1.807) is 11.8 Å². The Labute approximate surface area is 180 Å². The maximum Gasteiger partial charge on any atom is 0.304 e. The van der Waals surface area contributed by atoms with E-state index in [0.717, 1.165) is 41.9 Å². The molecule has 4 rings (SSSR count). The van der Waals surface area contributed by atoms with Crippen molar-refractivity contribution in [2.45, 2.75) is 61.8 Å². The van der Waals surface area contributed by atoms with Gasteiger partial charge in [-0.15, -0.1) is 0 Å². The maximum atomic E-state index is 11.6. The molecule has 1 unspecified atom stereocenters. The summed E-state index contributed by atoms with van der Waals surface area (Å²) < 4.78 is 2.32. The molecule has 0 saturated carbocycles. The summed E-state index contributed by atoms with van der Waals surface area (Å²) in [5.74, 6) is -0.199. The van der Waals surface area contributed by atoms with Gasteiger partial charge in [0.05, 0.1) is 18.1 Å². The number of carbonyl (C=O) groups is 1. The number of aliphatic carboxylic acids is 1. The van der Waals surface area contributed by atoms with E-state index in [1.807, 2.05) is 36.7 Å². The summed E-state index contributed by atoms with van der Waals surface area (Å²) in [7, 11) is 0. The number of aryl methyl sites for hydroxylation is 1. The number of pyridine rings is 1. The van der Waals surface area contributed by atoms with Gasteiger partial charge < -0.3 is 9.67 Å². The highest BCUT2D eigenvalue weighted by molar-refractivity contribution is 7.99. The molecule has 0 aliphatic carbocycles. The average molecular weight is 429 g/mol. The molecule has 3 aromatic rings. The van der Waals surface area contributed by atoms with Crippen LogP contribution in [0, 0.1) is 5.92 Å². The second-order valence-electron chi connectivity index (χ2n) is 8.15. The first-order chi connectivity index (χ1) is 13.9. The Hall–Kier alpha value is -1.98. The molecule has 1 N–H and O–H groups in total. The molecule has 0 radical (unpaired) electrons. The number of fused-ring (bicyclic) bond motifs is 3. The fourth-order valence-corrected chi connectivity index (χ4v) is 5.70. The molecule has 152 valence electrons. The zero-order chi connectivity index (χ0) is 20.5. The van der Waals surface area contributed by atoms with Crippen LogP contribution in [0.25, 0.3) is 10.9 Å². The molecule has 1 aliphatic heterocycles. The Balaban J connectivity index is 1.93. The summed E-state index contributed by atoms with van der Waals surface area (Å²) in [5.41, 5.74) is 3.53. The summed E-state index contributed by atoms with van der Waals surface area (Å²) >= 11 is 7.80. The van der Waals surface area contributed by atoms with Gasteiger partial charge in [-0.25, -0.2) is 0 Å². The first-order valence-electron chi connectivity index (χ1n) is 10.1. The van der Waals surface area contributed by atoms with Gasteiger partial charge >= 0.3 is 5.97 Å². The first kappa shape index (κ1) is 20.3. The van der Waals surface area contributed by atoms with Gasteiger partial charge in [-0.1, -0.05) is 37.2 Å². The van der Waals surface area contributed by atoms with Crippen LogP contribution in [0.1, 0.15) is 50.3 Å². The van der Waals surface area contributed by atoms with Crippen molar-refractivity contribution in [1.82, 2.24) is 9.55 Å². The predicted molar refractivity (Wildman–Crippen MR) is 118 cm³/mol. The van der Waals surface area contributed by atoms with Crippen molar-refractivity contribution in [3.8, 4) is 0 Å². The van der Waals surface area contributed by atoms with Crippen LogP contribution in [0.4, 0.5) is 0 Å². The number of carboxylic acids is 1. The van der Waals surface area contributed by atoms with Gasteiger partial charge in [0, 0.05) is 44.6 Å². The van der Waals surface area contributed by atoms with Crippen LogP contribution in [0.2, 0.25) is 5.02 Å². The lowest BCUT2D eigenvalue weighted by molar-refractivity contribution is -0.137. The second kappa shape index (κ2) is 8.41. The summed E-state index contributed by atoms with van der Waals surface area (Å²) in [6, 6.07) is 7.86. The van der Waals surface area contributed by atoms with E-state index < -0.39 is 5.97 Å². The third kappa shape index (κ3) is 4.17. The van der Waals surface area contributed by atoms with Crippen LogP contribution in [0.3, 0.4) is 0 Å². The predicted octanol–water partition coefficient (Wildman–Crippen LogP) is 6.39. The standard InChI is InChI=1S/C23H25ClN2O2S/c1-14(2)10-16-12-25-13-19-21(16)23(29-18-7-5-17(24)6-8-18)22-15(11-20(27)28)4-3-9-26(19)22/h5-8,12-15H,3-4,9-11H2,1-2H3,(H,27,28). The molecule has 0 spiro atoms. The minimum atomic E-state index is -0.739. The molecule has 3 heterocycles. The average Bonchev–Trinajstić information content (AvgIpc) is 2.99. The lowest BCUT2D eigenvalue weighted by Crippen LogP contribution is -2.18. The molecule has 0 fully saturated rings. The van der Waals surface area contributed by atoms with E-state index in [4.69, 9.17) is 11.6 Å². The lowest BCUT2D eigenvalue weighted by Gasteiger charge is -2.25. The zero-order valence-electron chi connectivity index (χ0n) is 16.7. The zero-order valence-corrected chi connectivity index (χ0v) is 18.3. The van der Waals surface area contributed by atoms with E-state index in [-0.39, 0.29) is 12.3 Å². The van der Waals surface area contributed by atoms with Crippen molar-refractivity contribution in [1.29, 1.82) is 0 Å². The van der Waals surface area contributed by atoms with E-state index in [9.17, 15) is 9.90 Å². The summed E-state index contributed by atoms with van der Waals surface area (Å²) in [6.07, 6.45) is 6.94. The minimum Gasteiger partial charge on any atom is -0.481 e. The number of benzene rings is 1. The highest BCUT2D eigenvalue weighted by Gasteiger charge is 2.30. The van der Waals surface area contributed by atoms with Gasteiger partial charge in [0.2, 0.25) is 0 Å². The van der Waals surface area contributed by atoms with Crippen LogP contribution in [-0.4, -0.2) is 20.6 Å². The Morgan fingerprint density at radius 3 is 2.76 bits per heavy atom. The molecule has 0 saturated heterocycles. The molecular weight excluding hydrogens is 404 g/mol.